The SMILES string of the molecule is CC(C)Oc1ccc(CNc2cc(-c3ccccc3F)nc3c(Br)cnn23)c[n+]1O.CCc1cnn2c(NCc3ccc(OC)[n+](O)c3)cc(-c3ccccc3F)nc12.CN(C)CCNc1ccc(CNc2cc(-c3ccccc3)nc3c(Br)cnn23)c[n+]1O. The molecule has 0 bridgehead atoms. The molecule has 0 saturated heterocycles. The molecule has 26 heteroatoms. The van der Waals surface area contributed by atoms with Gasteiger partial charge in [-0.25, -0.2) is 23.7 Å². The molecule has 3 aromatic carbocycles. The molecule has 12 rings (SSSR count). The molecule has 90 heavy (non-hydrogen) atoms. The Morgan fingerprint density at radius 1 is 0.556 bits per heavy atom. The van der Waals surface area contributed by atoms with Crippen molar-refractivity contribution in [3.05, 3.63) is 213 Å². The Bertz CT molecular complexity index is 4460. The van der Waals surface area contributed by atoms with E-state index in [4.69, 9.17) is 14.5 Å². The summed E-state index contributed by atoms with van der Waals surface area (Å²) < 4.78 is 48.9. The molecule has 462 valence electrons. The summed E-state index contributed by atoms with van der Waals surface area (Å²) in [5.41, 5.74) is 9.27. The molecule has 9 aromatic heterocycles. The van der Waals surface area contributed by atoms with Crippen molar-refractivity contribution in [2.24, 2.45) is 0 Å². The van der Waals surface area contributed by atoms with Crippen molar-refractivity contribution in [1.82, 2.24) is 48.7 Å². The minimum Gasteiger partial charge on any atom is -0.445 e. The number of fused-ring (bicyclic) bond motifs is 3. The smallest absolute Gasteiger partial charge is 0.416 e. The lowest BCUT2D eigenvalue weighted by Gasteiger charge is -2.11. The van der Waals surface area contributed by atoms with E-state index in [-0.39, 0.29) is 17.7 Å². The van der Waals surface area contributed by atoms with Crippen LogP contribution in [0, 0.1) is 11.6 Å². The van der Waals surface area contributed by atoms with Gasteiger partial charge < -0.3 is 35.5 Å². The van der Waals surface area contributed by atoms with E-state index >= 15 is 0 Å². The number of rotatable bonds is 20. The van der Waals surface area contributed by atoms with Crippen LogP contribution in [-0.2, 0) is 26.1 Å². The number of benzene rings is 3. The molecule has 0 aliphatic rings. The van der Waals surface area contributed by atoms with Gasteiger partial charge in [-0.1, -0.05) is 66.3 Å². The maximum Gasteiger partial charge on any atom is 0.416 e. The number of ether oxygens (including phenoxy) is 2. The van der Waals surface area contributed by atoms with Gasteiger partial charge in [0.1, 0.15) is 35.3 Å². The van der Waals surface area contributed by atoms with Crippen molar-refractivity contribution in [2.45, 2.75) is 52.9 Å². The molecule has 7 N–H and O–H groups in total. The molecular formula is C64H66Br2F2N17O5+3. The number of hydrogen-bond acceptors (Lipinski definition) is 16. The molecule has 0 fully saturated rings. The van der Waals surface area contributed by atoms with E-state index in [1.54, 1.807) is 111 Å². The van der Waals surface area contributed by atoms with Crippen LogP contribution in [0.1, 0.15) is 43.0 Å². The highest BCUT2D eigenvalue weighted by molar-refractivity contribution is 9.11. The third-order valence-electron chi connectivity index (χ3n) is 13.9. The molecule has 0 amide bonds. The number of aromatic nitrogens is 12. The van der Waals surface area contributed by atoms with Crippen molar-refractivity contribution in [3.8, 4) is 45.5 Å². The Hall–Kier alpha value is -10.1. The topological polar surface area (TPSA) is 233 Å². The second kappa shape index (κ2) is 28.8. The van der Waals surface area contributed by atoms with Crippen molar-refractivity contribution >= 4 is 72.1 Å². The fourth-order valence-electron chi connectivity index (χ4n) is 9.38. The quantitative estimate of drug-likeness (QED) is 0.0278. The largest absolute Gasteiger partial charge is 0.445 e. The third-order valence-corrected chi connectivity index (χ3v) is 15.0. The summed E-state index contributed by atoms with van der Waals surface area (Å²) >= 11 is 6.97. The predicted molar refractivity (Wildman–Crippen MR) is 343 cm³/mol. The summed E-state index contributed by atoms with van der Waals surface area (Å²) in [7, 11) is 5.52. The highest BCUT2D eigenvalue weighted by Gasteiger charge is 2.20. The zero-order valence-corrected chi connectivity index (χ0v) is 53.1. The van der Waals surface area contributed by atoms with E-state index in [1.807, 2.05) is 95.5 Å². The second-order valence-electron chi connectivity index (χ2n) is 21.0. The lowest BCUT2D eigenvalue weighted by Crippen LogP contribution is -2.36. The maximum atomic E-state index is 14.4. The number of likely N-dealkylation sites (N-methyl/N-ethyl adjacent to an activating group) is 1. The van der Waals surface area contributed by atoms with E-state index in [9.17, 15) is 24.4 Å². The molecule has 0 radical (unpaired) electrons. The normalized spacial score (nSPS) is 11.2. The first-order valence-electron chi connectivity index (χ1n) is 28.6. The summed E-state index contributed by atoms with van der Waals surface area (Å²) in [6.45, 7) is 8.76. The number of nitrogens with zero attached hydrogens (tertiary/aromatic N) is 13. The molecule has 0 saturated carbocycles. The average molecular weight is 1350 g/mol. The van der Waals surface area contributed by atoms with Crippen LogP contribution in [0.5, 0.6) is 11.8 Å². The van der Waals surface area contributed by atoms with Crippen LogP contribution in [0.15, 0.2) is 180 Å². The van der Waals surface area contributed by atoms with Crippen LogP contribution in [0.2, 0.25) is 0 Å². The first-order valence-corrected chi connectivity index (χ1v) is 30.2. The minimum atomic E-state index is -0.349. The monoisotopic (exact) mass is 1350 g/mol. The highest BCUT2D eigenvalue weighted by atomic mass is 79.9. The summed E-state index contributed by atoms with van der Waals surface area (Å²) in [6, 6.07) is 39.5. The van der Waals surface area contributed by atoms with Crippen molar-refractivity contribution in [1.29, 1.82) is 0 Å². The van der Waals surface area contributed by atoms with Crippen LogP contribution in [0.3, 0.4) is 0 Å². The van der Waals surface area contributed by atoms with Gasteiger partial charge in [0.25, 0.3) is 0 Å². The van der Waals surface area contributed by atoms with Crippen molar-refractivity contribution in [2.75, 3.05) is 55.6 Å². The Morgan fingerprint density at radius 3 is 1.50 bits per heavy atom. The third kappa shape index (κ3) is 15.1. The van der Waals surface area contributed by atoms with E-state index in [2.05, 4.69) is 83.3 Å². The Balaban J connectivity index is 0.000000149. The van der Waals surface area contributed by atoms with Gasteiger partial charge >= 0.3 is 17.6 Å². The van der Waals surface area contributed by atoms with E-state index in [1.165, 1.54) is 19.2 Å². The van der Waals surface area contributed by atoms with Gasteiger partial charge in [-0.2, -0.15) is 28.8 Å². The summed E-state index contributed by atoms with van der Waals surface area (Å²) in [5.74, 6) is 2.79. The number of pyridine rings is 3. The van der Waals surface area contributed by atoms with E-state index in [0.717, 1.165) is 83.2 Å². The molecule has 12 aromatic rings. The van der Waals surface area contributed by atoms with Gasteiger partial charge in [0.2, 0.25) is 12.4 Å². The number of aryl methyl sites for hydroxylation is 1. The molecule has 0 spiro atoms. The minimum absolute atomic E-state index is 0.0486. The second-order valence-corrected chi connectivity index (χ2v) is 22.7. The zero-order valence-electron chi connectivity index (χ0n) is 50.0. The summed E-state index contributed by atoms with van der Waals surface area (Å²) in [6.07, 6.45) is 10.7. The number of hydrogen-bond donors (Lipinski definition) is 7. The van der Waals surface area contributed by atoms with Gasteiger partial charge in [-0.3, -0.25) is 15.7 Å². The van der Waals surface area contributed by atoms with Gasteiger partial charge in [-0.05, 0) is 109 Å². The van der Waals surface area contributed by atoms with Gasteiger partial charge in [0.15, 0.2) is 16.9 Å². The Morgan fingerprint density at radius 2 is 1.01 bits per heavy atom. The van der Waals surface area contributed by atoms with Crippen LogP contribution in [-0.4, -0.2) is 105 Å². The molecule has 0 aliphatic carbocycles. The maximum absolute atomic E-state index is 14.4. The van der Waals surface area contributed by atoms with Crippen molar-refractivity contribution < 1.29 is 48.1 Å². The van der Waals surface area contributed by atoms with E-state index < -0.39 is 0 Å². The summed E-state index contributed by atoms with van der Waals surface area (Å²) in [5, 5.41) is 56.8. The molecular weight excluding hydrogens is 1280 g/mol. The fraction of sp³-hybridized carbons (Fsp3) is 0.203. The standard InChI is InChI=1S/C22H24BrN7O.C21H20BrFN5O2.C21H21FN5O2/c1-28(2)11-10-24-20-9-8-16(15-29(20)31)13-25-21-12-19(17-6-4-3-5-7-17)27-22-18(23)14-26-30(21)22;1-13(2)30-20-8-7-14(12-27(20)29)10-24-19-9-18(15-5-3-4-6-17(15)23)26-21-16(22)11-25-28(19)21;1-3-15-12-24-27-19(23-11-14-8-9-20(29-2)26(28)13-14)10-18(25-21(15)27)16-6-4-5-7-17(16)22/h3-9,12,14-15,31H,10-11,13H2,1-2H3,(H,25,26,27);3-9,11-13,24,29H,10H2,1-2H3;4-10,12-13,23,28H,3,11H2,1-2H3/q;2*+1/p+1. The molecule has 0 aliphatic heterocycles. The van der Waals surface area contributed by atoms with Crippen LogP contribution in [0.25, 0.3) is 50.7 Å². The number of anilines is 4. The van der Waals surface area contributed by atoms with Crippen LogP contribution in [0.4, 0.5) is 32.1 Å². The van der Waals surface area contributed by atoms with Gasteiger partial charge in [-0.15, -0.1) is 0 Å². The first kappa shape index (κ1) is 63.0. The number of nitrogens with one attached hydrogen (secondary N) is 4. The van der Waals surface area contributed by atoms with Gasteiger partial charge in [0.05, 0.1) is 76.5 Å². The molecule has 22 nitrogen and oxygen atoms in total. The molecule has 0 atom stereocenters. The zero-order chi connectivity index (χ0) is 63.4. The molecule has 9 heterocycles. The van der Waals surface area contributed by atoms with Gasteiger partial charge in [0, 0.05) is 98.8 Å². The molecule has 0 unspecified atom stereocenters. The first-order chi connectivity index (χ1) is 43.5. The average Bonchev–Trinajstić information content (AvgIpc) is 1.96. The van der Waals surface area contributed by atoms with Crippen LogP contribution >= 0.6 is 31.9 Å². The summed E-state index contributed by atoms with van der Waals surface area (Å²) in [4.78, 5) is 16.0. The lowest BCUT2D eigenvalue weighted by molar-refractivity contribution is -0.906. The Labute approximate surface area is 533 Å². The van der Waals surface area contributed by atoms with E-state index in [0.29, 0.717) is 87.1 Å². The lowest BCUT2D eigenvalue weighted by atomic mass is 10.1. The number of methoxy groups -OCH3 is 1. The fourth-order valence-corrected chi connectivity index (χ4v) is 10.1. The van der Waals surface area contributed by atoms with Crippen LogP contribution < -0.4 is 44.9 Å². The predicted octanol–water partition coefficient (Wildman–Crippen LogP) is 10.7. The van der Waals surface area contributed by atoms with Crippen molar-refractivity contribution in [3.63, 3.8) is 0 Å². The number of halogens is 4. The highest BCUT2D eigenvalue weighted by Crippen LogP contribution is 2.30. The Kier molecular flexibility index (Phi) is 20.2.